The van der Waals surface area contributed by atoms with Gasteiger partial charge in [-0.3, -0.25) is 9.59 Å². The Balaban J connectivity index is 1.56. The molecule has 2 aromatic carbocycles. The van der Waals surface area contributed by atoms with E-state index in [1.54, 1.807) is 13.8 Å². The van der Waals surface area contributed by atoms with Crippen molar-refractivity contribution in [3.8, 4) is 11.1 Å². The van der Waals surface area contributed by atoms with Crippen LogP contribution in [-0.2, 0) is 14.3 Å². The van der Waals surface area contributed by atoms with Crippen LogP contribution in [0.1, 0.15) is 57.1 Å². The van der Waals surface area contributed by atoms with Crippen molar-refractivity contribution >= 4 is 18.0 Å². The van der Waals surface area contributed by atoms with Crippen molar-refractivity contribution in [3.05, 3.63) is 59.7 Å². The number of carboxylic acid groups (broad SMARTS) is 1. The molecule has 32 heavy (non-hydrogen) atoms. The van der Waals surface area contributed by atoms with Crippen LogP contribution in [0.5, 0.6) is 0 Å². The van der Waals surface area contributed by atoms with Gasteiger partial charge in [0.15, 0.2) is 0 Å². The van der Waals surface area contributed by atoms with Gasteiger partial charge in [0, 0.05) is 23.9 Å². The van der Waals surface area contributed by atoms with Gasteiger partial charge in [-0.1, -0.05) is 55.5 Å². The molecule has 0 spiro atoms. The van der Waals surface area contributed by atoms with Crippen LogP contribution in [0.3, 0.4) is 0 Å². The van der Waals surface area contributed by atoms with Crippen LogP contribution in [0.4, 0.5) is 4.79 Å². The standard InChI is InChI=1S/C25H30N2O5/c1-4-16(13-23(29)30)26-22(28)14-25(2,3)27-24(31)32-15-21-19-11-7-5-9-17(19)18-10-6-8-12-20(18)21/h5-12,16,21H,4,13-15H2,1-3H3,(H,26,28)(H,27,31)(H,29,30). The molecule has 3 N–H and O–H groups in total. The molecule has 0 fully saturated rings. The Labute approximate surface area is 188 Å². The smallest absolute Gasteiger partial charge is 0.407 e. The lowest BCUT2D eigenvalue weighted by atomic mass is 9.98. The first-order chi connectivity index (χ1) is 15.2. The number of benzene rings is 2. The molecule has 2 amide bonds. The van der Waals surface area contributed by atoms with Crippen LogP contribution in [0, 0.1) is 0 Å². The SMILES string of the molecule is CCC(CC(=O)O)NC(=O)CC(C)(C)NC(=O)OCC1c2ccccc2-c2ccccc21. The molecular weight excluding hydrogens is 408 g/mol. The Morgan fingerprint density at radius 3 is 2.12 bits per heavy atom. The number of nitrogens with one attached hydrogen (secondary N) is 2. The molecule has 1 atom stereocenters. The van der Waals surface area contributed by atoms with Gasteiger partial charge in [-0.05, 0) is 42.5 Å². The second-order valence-electron chi connectivity index (χ2n) is 8.78. The minimum absolute atomic E-state index is 0.00726. The van der Waals surface area contributed by atoms with E-state index in [4.69, 9.17) is 9.84 Å². The summed E-state index contributed by atoms with van der Waals surface area (Å²) >= 11 is 0. The average molecular weight is 439 g/mol. The molecule has 0 radical (unpaired) electrons. The molecule has 1 aliphatic rings. The topological polar surface area (TPSA) is 105 Å². The van der Waals surface area contributed by atoms with Gasteiger partial charge in [0.25, 0.3) is 0 Å². The quantitative estimate of drug-likeness (QED) is 0.548. The first kappa shape index (κ1) is 23.3. The van der Waals surface area contributed by atoms with Crippen molar-refractivity contribution in [1.29, 1.82) is 0 Å². The second-order valence-corrected chi connectivity index (χ2v) is 8.78. The number of alkyl carbamates (subject to hydrolysis) is 1. The van der Waals surface area contributed by atoms with Crippen molar-refractivity contribution in [2.24, 2.45) is 0 Å². The van der Waals surface area contributed by atoms with Gasteiger partial charge >= 0.3 is 12.1 Å². The average Bonchev–Trinajstić information content (AvgIpc) is 3.04. The van der Waals surface area contributed by atoms with E-state index < -0.39 is 23.6 Å². The number of carbonyl (C=O) groups excluding carboxylic acids is 2. The van der Waals surface area contributed by atoms with Crippen molar-refractivity contribution in [2.75, 3.05) is 6.61 Å². The Hall–Kier alpha value is -3.35. The number of hydrogen-bond donors (Lipinski definition) is 3. The van der Waals surface area contributed by atoms with Crippen molar-refractivity contribution in [3.63, 3.8) is 0 Å². The first-order valence-electron chi connectivity index (χ1n) is 10.8. The fraction of sp³-hybridized carbons (Fsp3) is 0.400. The van der Waals surface area contributed by atoms with Gasteiger partial charge in [-0.15, -0.1) is 0 Å². The van der Waals surface area contributed by atoms with E-state index in [9.17, 15) is 14.4 Å². The van der Waals surface area contributed by atoms with Crippen molar-refractivity contribution in [1.82, 2.24) is 10.6 Å². The fourth-order valence-corrected chi connectivity index (χ4v) is 4.14. The zero-order chi connectivity index (χ0) is 23.3. The second kappa shape index (κ2) is 9.85. The van der Waals surface area contributed by atoms with E-state index in [2.05, 4.69) is 34.9 Å². The summed E-state index contributed by atoms with van der Waals surface area (Å²) < 4.78 is 5.55. The van der Waals surface area contributed by atoms with Crippen LogP contribution in [0.2, 0.25) is 0 Å². The van der Waals surface area contributed by atoms with Crippen LogP contribution in [-0.4, -0.2) is 41.3 Å². The van der Waals surface area contributed by atoms with Crippen molar-refractivity contribution in [2.45, 2.75) is 57.5 Å². The molecule has 0 heterocycles. The molecule has 0 saturated heterocycles. The molecule has 1 aliphatic carbocycles. The van der Waals surface area contributed by atoms with Gasteiger partial charge in [-0.25, -0.2) is 4.79 Å². The number of carbonyl (C=O) groups is 3. The third-order valence-corrected chi connectivity index (χ3v) is 5.67. The Morgan fingerprint density at radius 2 is 1.59 bits per heavy atom. The fourth-order valence-electron chi connectivity index (χ4n) is 4.14. The molecular formula is C25H30N2O5. The minimum Gasteiger partial charge on any atom is -0.481 e. The zero-order valence-corrected chi connectivity index (χ0v) is 18.7. The maximum absolute atomic E-state index is 12.5. The molecule has 0 saturated carbocycles. The molecule has 7 nitrogen and oxygen atoms in total. The van der Waals surface area contributed by atoms with Gasteiger partial charge in [0.05, 0.1) is 6.42 Å². The van der Waals surface area contributed by atoms with E-state index in [1.807, 2.05) is 31.2 Å². The number of amides is 2. The third-order valence-electron chi connectivity index (χ3n) is 5.67. The van der Waals surface area contributed by atoms with E-state index in [0.717, 1.165) is 22.3 Å². The highest BCUT2D eigenvalue weighted by Gasteiger charge is 2.30. The van der Waals surface area contributed by atoms with Gasteiger partial charge in [0.2, 0.25) is 5.91 Å². The summed E-state index contributed by atoms with van der Waals surface area (Å²) in [5.41, 5.74) is 3.71. The normalized spacial score (nSPS) is 13.6. The molecule has 2 aromatic rings. The lowest BCUT2D eigenvalue weighted by molar-refractivity contribution is -0.137. The Kier molecular flexibility index (Phi) is 7.18. The first-order valence-corrected chi connectivity index (χ1v) is 10.8. The molecule has 0 bridgehead atoms. The summed E-state index contributed by atoms with van der Waals surface area (Å²) in [5.74, 6) is -1.32. The maximum atomic E-state index is 12.5. The highest BCUT2D eigenvalue weighted by molar-refractivity contribution is 5.80. The summed E-state index contributed by atoms with van der Waals surface area (Å²) in [6.45, 7) is 5.46. The number of ether oxygens (including phenoxy) is 1. The summed E-state index contributed by atoms with van der Waals surface area (Å²) in [4.78, 5) is 35.7. The minimum atomic E-state index is -0.965. The molecule has 3 rings (SSSR count). The van der Waals surface area contributed by atoms with Gasteiger partial charge in [-0.2, -0.15) is 0 Å². The zero-order valence-electron chi connectivity index (χ0n) is 18.7. The summed E-state index contributed by atoms with van der Waals surface area (Å²) in [7, 11) is 0. The van der Waals surface area contributed by atoms with E-state index in [-0.39, 0.29) is 31.3 Å². The molecule has 170 valence electrons. The predicted molar refractivity (Wildman–Crippen MR) is 121 cm³/mol. The van der Waals surface area contributed by atoms with Gasteiger partial charge in [0.1, 0.15) is 6.61 Å². The predicted octanol–water partition coefficient (Wildman–Crippen LogP) is 4.06. The Morgan fingerprint density at radius 1 is 1.03 bits per heavy atom. The monoisotopic (exact) mass is 438 g/mol. The van der Waals surface area contributed by atoms with E-state index in [0.29, 0.717) is 6.42 Å². The molecule has 0 aromatic heterocycles. The van der Waals surface area contributed by atoms with Crippen molar-refractivity contribution < 1.29 is 24.2 Å². The number of carboxylic acids is 1. The summed E-state index contributed by atoms with van der Waals surface area (Å²) in [6.07, 6.45) is -0.212. The lowest BCUT2D eigenvalue weighted by Crippen LogP contribution is -2.48. The summed E-state index contributed by atoms with van der Waals surface area (Å²) in [6, 6.07) is 15.8. The largest absolute Gasteiger partial charge is 0.481 e. The van der Waals surface area contributed by atoms with E-state index in [1.165, 1.54) is 0 Å². The van der Waals surface area contributed by atoms with E-state index >= 15 is 0 Å². The van der Waals surface area contributed by atoms with Crippen LogP contribution in [0.25, 0.3) is 11.1 Å². The molecule has 0 aliphatic heterocycles. The number of rotatable bonds is 9. The highest BCUT2D eigenvalue weighted by Crippen LogP contribution is 2.44. The van der Waals surface area contributed by atoms with Crippen LogP contribution < -0.4 is 10.6 Å². The molecule has 1 unspecified atom stereocenters. The number of hydrogen-bond acceptors (Lipinski definition) is 4. The van der Waals surface area contributed by atoms with Crippen LogP contribution >= 0.6 is 0 Å². The number of fused-ring (bicyclic) bond motifs is 3. The van der Waals surface area contributed by atoms with Gasteiger partial charge < -0.3 is 20.5 Å². The molecule has 7 heteroatoms. The lowest BCUT2D eigenvalue weighted by Gasteiger charge is -2.27. The maximum Gasteiger partial charge on any atom is 0.407 e. The Bertz CT molecular complexity index is 956. The van der Waals surface area contributed by atoms with Crippen LogP contribution in [0.15, 0.2) is 48.5 Å². The highest BCUT2D eigenvalue weighted by atomic mass is 16.5. The third kappa shape index (κ3) is 5.66. The summed E-state index contributed by atoms with van der Waals surface area (Å²) in [5, 5.41) is 14.4. The number of aliphatic carboxylic acids is 1.